The van der Waals surface area contributed by atoms with Gasteiger partial charge in [0.05, 0.1) is 11.1 Å². The van der Waals surface area contributed by atoms with E-state index in [0.717, 1.165) is 25.9 Å². The number of aromatic nitrogens is 5. The van der Waals surface area contributed by atoms with Crippen molar-refractivity contribution in [2.75, 3.05) is 39.0 Å². The van der Waals surface area contributed by atoms with Gasteiger partial charge in [0.15, 0.2) is 12.3 Å². The summed E-state index contributed by atoms with van der Waals surface area (Å²) in [7, 11) is 3.84. The van der Waals surface area contributed by atoms with Crippen LogP contribution in [0.25, 0.3) is 22.3 Å². The van der Waals surface area contributed by atoms with Gasteiger partial charge in [-0.25, -0.2) is 9.97 Å². The second-order valence-electron chi connectivity index (χ2n) is 9.85. The minimum absolute atomic E-state index is 0.0297. The van der Waals surface area contributed by atoms with Crippen LogP contribution in [0.2, 0.25) is 0 Å². The number of nitrogens with zero attached hydrogens (tertiary/aromatic N) is 7. The molecule has 2 aliphatic rings. The maximum absolute atomic E-state index is 13.7. The number of aliphatic hydroxyl groups is 3. The molecule has 0 aromatic carbocycles. The number of rotatable bonds is 7. The molecule has 13 nitrogen and oxygen atoms in total. The Morgan fingerprint density at radius 3 is 2.65 bits per heavy atom. The molecular weight excluding hydrogens is 480 g/mol. The first-order valence-corrected chi connectivity index (χ1v) is 12.5. The molecule has 3 aromatic heterocycles. The number of hydrogen-bond donors (Lipinski definition) is 4. The average molecular weight is 515 g/mol. The summed E-state index contributed by atoms with van der Waals surface area (Å²) < 4.78 is 9.31. The molecule has 5 rings (SSSR count). The molecule has 13 heteroatoms. The fourth-order valence-corrected chi connectivity index (χ4v) is 5.33. The summed E-state index contributed by atoms with van der Waals surface area (Å²) in [6, 6.07) is 1.79. The Morgan fingerprint density at radius 2 is 1.97 bits per heavy atom. The Labute approximate surface area is 214 Å². The molecule has 2 aliphatic heterocycles. The van der Waals surface area contributed by atoms with Crippen molar-refractivity contribution in [3.05, 3.63) is 24.8 Å². The lowest BCUT2D eigenvalue weighted by atomic mass is 10.0. The Morgan fingerprint density at radius 1 is 1.22 bits per heavy atom. The number of nitrogens with two attached hydrogens (primary N) is 1. The van der Waals surface area contributed by atoms with Crippen molar-refractivity contribution in [1.82, 2.24) is 34.1 Å². The zero-order valence-corrected chi connectivity index (χ0v) is 21.0. The number of aryl methyl sites for hydroxylation is 1. The summed E-state index contributed by atoms with van der Waals surface area (Å²) in [6.45, 7) is 1.99. The highest BCUT2D eigenvalue weighted by Gasteiger charge is 2.49. The van der Waals surface area contributed by atoms with Crippen molar-refractivity contribution in [3.63, 3.8) is 0 Å². The summed E-state index contributed by atoms with van der Waals surface area (Å²) in [5.74, 6) is -0.157. The Balaban J connectivity index is 1.46. The number of fused-ring (bicyclic) bond motifs is 1. The van der Waals surface area contributed by atoms with Gasteiger partial charge < -0.3 is 40.2 Å². The maximum Gasteiger partial charge on any atom is 0.254 e. The third-order valence-electron chi connectivity index (χ3n) is 7.35. The molecule has 0 aliphatic carbocycles. The molecule has 3 aromatic rings. The van der Waals surface area contributed by atoms with Gasteiger partial charge in [-0.05, 0) is 45.5 Å². The highest BCUT2D eigenvalue weighted by atomic mass is 16.6. The molecule has 0 radical (unpaired) electrons. The van der Waals surface area contributed by atoms with Gasteiger partial charge in [-0.2, -0.15) is 5.10 Å². The van der Waals surface area contributed by atoms with E-state index in [0.29, 0.717) is 35.3 Å². The molecule has 0 saturated carbocycles. The number of ether oxygens (including phenoxy) is 1. The van der Waals surface area contributed by atoms with Crippen molar-refractivity contribution in [2.24, 2.45) is 7.05 Å². The smallest absolute Gasteiger partial charge is 0.254 e. The van der Waals surface area contributed by atoms with Crippen LogP contribution in [-0.4, -0.2) is 113 Å². The van der Waals surface area contributed by atoms with Crippen LogP contribution in [0.5, 0.6) is 0 Å². The predicted molar refractivity (Wildman–Crippen MR) is 134 cm³/mol. The van der Waals surface area contributed by atoms with Gasteiger partial charge in [0.25, 0.3) is 5.91 Å². The van der Waals surface area contributed by atoms with E-state index in [4.69, 9.17) is 10.5 Å². The average Bonchev–Trinajstić information content (AvgIpc) is 3.57. The Hall–Kier alpha value is -3.10. The molecule has 4 atom stereocenters. The van der Waals surface area contributed by atoms with Crippen molar-refractivity contribution in [1.29, 1.82) is 0 Å². The molecule has 1 amide bonds. The van der Waals surface area contributed by atoms with Crippen LogP contribution in [0, 0.1) is 0 Å². The van der Waals surface area contributed by atoms with Gasteiger partial charge in [0.2, 0.25) is 0 Å². The van der Waals surface area contributed by atoms with Gasteiger partial charge in [-0.1, -0.05) is 0 Å². The van der Waals surface area contributed by atoms with Crippen molar-refractivity contribution >= 4 is 22.8 Å². The number of nitrogen functional groups attached to an aromatic ring is 1. The fourth-order valence-electron chi connectivity index (χ4n) is 5.33. The predicted octanol–water partition coefficient (Wildman–Crippen LogP) is -0.662. The van der Waals surface area contributed by atoms with E-state index >= 15 is 0 Å². The first-order chi connectivity index (χ1) is 17.8. The first kappa shape index (κ1) is 25.5. The highest BCUT2D eigenvalue weighted by molar-refractivity contribution is 5.99. The van der Waals surface area contributed by atoms with Crippen molar-refractivity contribution in [3.8, 4) is 11.3 Å². The summed E-state index contributed by atoms with van der Waals surface area (Å²) in [5.41, 5.74) is 7.86. The topological polar surface area (TPSA) is 168 Å². The third-order valence-corrected chi connectivity index (χ3v) is 7.35. The van der Waals surface area contributed by atoms with E-state index in [2.05, 4.69) is 20.0 Å². The lowest BCUT2D eigenvalue weighted by Crippen LogP contribution is -2.52. The quantitative estimate of drug-likeness (QED) is 0.318. The van der Waals surface area contributed by atoms with Crippen LogP contribution in [0.3, 0.4) is 0 Å². The number of carbonyl (C=O) groups is 1. The summed E-state index contributed by atoms with van der Waals surface area (Å²) >= 11 is 0. The number of aliphatic hydroxyl groups excluding tert-OH is 3. The van der Waals surface area contributed by atoms with Crippen LogP contribution in [-0.2, 0) is 16.6 Å². The number of carbonyl (C=O) groups excluding carboxylic acids is 1. The van der Waals surface area contributed by atoms with Crippen molar-refractivity contribution in [2.45, 2.75) is 49.8 Å². The molecule has 200 valence electrons. The van der Waals surface area contributed by atoms with Crippen LogP contribution in [0.1, 0.15) is 25.5 Å². The monoisotopic (exact) mass is 514 g/mol. The largest absolute Gasteiger partial charge is 0.396 e. The summed E-state index contributed by atoms with van der Waals surface area (Å²) in [5, 5.41) is 36.4. The zero-order valence-electron chi connectivity index (χ0n) is 21.0. The number of likely N-dealkylation sites (tertiary alicyclic amines) is 1. The van der Waals surface area contributed by atoms with E-state index in [1.54, 1.807) is 33.6 Å². The lowest BCUT2D eigenvalue weighted by Gasteiger charge is -2.38. The lowest BCUT2D eigenvalue weighted by molar-refractivity contribution is -0.152. The summed E-state index contributed by atoms with van der Waals surface area (Å²) in [6.07, 6.45) is 1.59. The normalized spacial score (nSPS) is 25.2. The van der Waals surface area contributed by atoms with E-state index in [-0.39, 0.29) is 18.5 Å². The molecular formula is C24H34N8O5. The fraction of sp³-hybridized carbons (Fsp3) is 0.583. The van der Waals surface area contributed by atoms with Gasteiger partial charge >= 0.3 is 0 Å². The standard InChI is InChI=1S/C24H34N8O5/c1-29-8-4-14(5-9-29)31(7-3-11-33)23(36)20-18(34)19(35)24(37-20)32-12-15(16-6-10-30(2)28-16)17-21(25)26-13-27-22(17)32/h6,10,12-14,18-20,24,33-35H,3-5,7-9,11H2,1-2H3,(H2,25,26,27)/t18-,19+,20-,24+/m0/s1. The minimum Gasteiger partial charge on any atom is -0.396 e. The Bertz CT molecular complexity index is 1250. The number of hydrogen-bond acceptors (Lipinski definition) is 10. The van der Waals surface area contributed by atoms with Crippen LogP contribution in [0.4, 0.5) is 5.82 Å². The minimum atomic E-state index is -1.45. The van der Waals surface area contributed by atoms with E-state index in [1.807, 2.05) is 13.1 Å². The molecule has 5 heterocycles. The second-order valence-corrected chi connectivity index (χ2v) is 9.85. The van der Waals surface area contributed by atoms with E-state index in [1.165, 1.54) is 6.33 Å². The number of amides is 1. The summed E-state index contributed by atoms with van der Waals surface area (Å²) in [4.78, 5) is 26.0. The molecule has 0 unspecified atom stereocenters. The van der Waals surface area contributed by atoms with Crippen LogP contribution in [0.15, 0.2) is 24.8 Å². The molecule has 2 fully saturated rings. The molecule has 0 bridgehead atoms. The third kappa shape index (κ3) is 4.68. The zero-order chi connectivity index (χ0) is 26.3. The van der Waals surface area contributed by atoms with Crippen LogP contribution >= 0.6 is 0 Å². The number of anilines is 1. The van der Waals surface area contributed by atoms with Crippen molar-refractivity contribution < 1.29 is 24.9 Å². The maximum atomic E-state index is 13.7. The molecule has 37 heavy (non-hydrogen) atoms. The van der Waals surface area contributed by atoms with Gasteiger partial charge in [-0.3, -0.25) is 9.48 Å². The number of piperidine rings is 1. The highest BCUT2D eigenvalue weighted by Crippen LogP contribution is 2.38. The van der Waals surface area contributed by atoms with Crippen LogP contribution < -0.4 is 5.73 Å². The van der Waals surface area contributed by atoms with E-state index < -0.39 is 30.4 Å². The van der Waals surface area contributed by atoms with Gasteiger partial charge in [-0.15, -0.1) is 0 Å². The van der Waals surface area contributed by atoms with Gasteiger partial charge in [0.1, 0.15) is 30.0 Å². The van der Waals surface area contributed by atoms with Gasteiger partial charge in [0, 0.05) is 44.2 Å². The molecule has 5 N–H and O–H groups in total. The first-order valence-electron chi connectivity index (χ1n) is 12.5. The van der Waals surface area contributed by atoms with E-state index in [9.17, 15) is 20.1 Å². The molecule has 2 saturated heterocycles. The Kier molecular flexibility index (Phi) is 7.14. The molecule has 0 spiro atoms. The SMILES string of the molecule is CN1CCC(N(CCCO)C(=O)[C@H]2O[C@@H](n3cc(-c4ccn(C)n4)c4c(N)ncnc43)[C@H](O)[C@@H]2O)CC1. The second kappa shape index (κ2) is 10.3.